The van der Waals surface area contributed by atoms with Gasteiger partial charge in [0.05, 0.1) is 5.92 Å². The number of amides is 2. The fourth-order valence-corrected chi connectivity index (χ4v) is 3.66. The first-order chi connectivity index (χ1) is 11.5. The van der Waals surface area contributed by atoms with E-state index in [0.717, 1.165) is 25.9 Å². The van der Waals surface area contributed by atoms with Gasteiger partial charge in [0.2, 0.25) is 11.8 Å². The topological polar surface area (TPSA) is 57.7 Å². The minimum atomic E-state index is -0.274. The SMILES string of the molecule is CC(=O)c1cccc(N2CC(C(=O)N3CCCC(C)C3)CC2=O)c1. The van der Waals surface area contributed by atoms with E-state index < -0.39 is 0 Å². The van der Waals surface area contributed by atoms with Crippen molar-refractivity contribution in [3.8, 4) is 0 Å². The molecule has 2 aliphatic heterocycles. The highest BCUT2D eigenvalue weighted by Crippen LogP contribution is 2.28. The van der Waals surface area contributed by atoms with Gasteiger partial charge in [-0.3, -0.25) is 14.4 Å². The molecule has 128 valence electrons. The highest BCUT2D eigenvalue weighted by atomic mass is 16.2. The quantitative estimate of drug-likeness (QED) is 0.801. The van der Waals surface area contributed by atoms with Crippen LogP contribution in [0.25, 0.3) is 0 Å². The molecule has 1 aromatic rings. The molecule has 1 aromatic carbocycles. The molecule has 2 heterocycles. The number of anilines is 1. The van der Waals surface area contributed by atoms with Gasteiger partial charge in [0.25, 0.3) is 0 Å². The van der Waals surface area contributed by atoms with Crippen LogP contribution in [0, 0.1) is 11.8 Å². The minimum absolute atomic E-state index is 0.0292. The molecule has 0 aromatic heterocycles. The molecule has 3 rings (SSSR count). The summed E-state index contributed by atoms with van der Waals surface area (Å²) < 4.78 is 0. The van der Waals surface area contributed by atoms with E-state index in [0.29, 0.717) is 23.7 Å². The lowest BCUT2D eigenvalue weighted by Crippen LogP contribution is -2.43. The van der Waals surface area contributed by atoms with Gasteiger partial charge in [-0.25, -0.2) is 0 Å². The van der Waals surface area contributed by atoms with Crippen LogP contribution in [0.3, 0.4) is 0 Å². The summed E-state index contributed by atoms with van der Waals surface area (Å²) in [6.45, 7) is 5.68. The highest BCUT2D eigenvalue weighted by molar-refractivity contribution is 6.02. The van der Waals surface area contributed by atoms with Crippen LogP contribution in [0.5, 0.6) is 0 Å². The lowest BCUT2D eigenvalue weighted by molar-refractivity contribution is -0.137. The second-order valence-electron chi connectivity index (χ2n) is 7.04. The van der Waals surface area contributed by atoms with Gasteiger partial charge in [0, 0.05) is 37.3 Å². The van der Waals surface area contributed by atoms with Crippen LogP contribution in [0.2, 0.25) is 0 Å². The number of piperidine rings is 1. The Morgan fingerprint density at radius 3 is 2.71 bits per heavy atom. The average molecular weight is 328 g/mol. The average Bonchev–Trinajstić information content (AvgIpc) is 2.96. The monoisotopic (exact) mass is 328 g/mol. The Hall–Kier alpha value is -2.17. The minimum Gasteiger partial charge on any atom is -0.342 e. The van der Waals surface area contributed by atoms with Gasteiger partial charge in [-0.2, -0.15) is 0 Å². The lowest BCUT2D eigenvalue weighted by atomic mass is 9.98. The van der Waals surface area contributed by atoms with Crippen LogP contribution < -0.4 is 4.90 Å². The molecular formula is C19H24N2O3. The van der Waals surface area contributed by atoms with Gasteiger partial charge in [-0.15, -0.1) is 0 Å². The van der Waals surface area contributed by atoms with Crippen LogP contribution in [-0.2, 0) is 9.59 Å². The Bertz CT molecular complexity index is 670. The molecule has 2 atom stereocenters. The zero-order valence-electron chi connectivity index (χ0n) is 14.3. The van der Waals surface area contributed by atoms with Crippen molar-refractivity contribution in [3.63, 3.8) is 0 Å². The molecule has 0 N–H and O–H groups in total. The first kappa shape index (κ1) is 16.7. The van der Waals surface area contributed by atoms with Crippen molar-refractivity contribution in [2.24, 2.45) is 11.8 Å². The van der Waals surface area contributed by atoms with Crippen molar-refractivity contribution < 1.29 is 14.4 Å². The first-order valence-corrected chi connectivity index (χ1v) is 8.66. The Labute approximate surface area is 142 Å². The number of hydrogen-bond donors (Lipinski definition) is 0. The van der Waals surface area contributed by atoms with E-state index in [1.54, 1.807) is 23.1 Å². The summed E-state index contributed by atoms with van der Waals surface area (Å²) in [5, 5.41) is 0. The number of ketones is 1. The number of hydrogen-bond acceptors (Lipinski definition) is 3. The number of likely N-dealkylation sites (tertiary alicyclic amines) is 1. The van der Waals surface area contributed by atoms with E-state index in [-0.39, 0.29) is 29.9 Å². The number of nitrogens with zero attached hydrogens (tertiary/aromatic N) is 2. The van der Waals surface area contributed by atoms with Gasteiger partial charge in [-0.1, -0.05) is 19.1 Å². The second kappa shape index (κ2) is 6.75. The highest BCUT2D eigenvalue weighted by Gasteiger charge is 2.38. The third-order valence-electron chi connectivity index (χ3n) is 5.01. The summed E-state index contributed by atoms with van der Waals surface area (Å²) in [6.07, 6.45) is 2.46. The number of benzene rings is 1. The van der Waals surface area contributed by atoms with Gasteiger partial charge < -0.3 is 9.80 Å². The van der Waals surface area contributed by atoms with Gasteiger partial charge >= 0.3 is 0 Å². The molecule has 24 heavy (non-hydrogen) atoms. The third-order valence-corrected chi connectivity index (χ3v) is 5.01. The van der Waals surface area contributed by atoms with E-state index in [1.807, 2.05) is 11.0 Å². The second-order valence-corrected chi connectivity index (χ2v) is 7.04. The first-order valence-electron chi connectivity index (χ1n) is 8.66. The molecule has 0 radical (unpaired) electrons. The number of carbonyl (C=O) groups excluding carboxylic acids is 3. The van der Waals surface area contributed by atoms with Crippen molar-refractivity contribution in [1.82, 2.24) is 4.90 Å². The van der Waals surface area contributed by atoms with Crippen molar-refractivity contribution >= 4 is 23.3 Å². The van der Waals surface area contributed by atoms with Crippen LogP contribution in [0.1, 0.15) is 43.5 Å². The molecule has 0 aliphatic carbocycles. The summed E-state index contributed by atoms with van der Waals surface area (Å²) in [5.41, 5.74) is 1.29. The van der Waals surface area contributed by atoms with Crippen molar-refractivity contribution in [2.45, 2.75) is 33.1 Å². The molecule has 0 saturated carbocycles. The Morgan fingerprint density at radius 2 is 2.00 bits per heavy atom. The Morgan fingerprint density at radius 1 is 1.21 bits per heavy atom. The normalized spacial score (nSPS) is 24.3. The van der Waals surface area contributed by atoms with Crippen molar-refractivity contribution in [1.29, 1.82) is 0 Å². The van der Waals surface area contributed by atoms with Crippen molar-refractivity contribution in [3.05, 3.63) is 29.8 Å². The van der Waals surface area contributed by atoms with Crippen molar-refractivity contribution in [2.75, 3.05) is 24.5 Å². The van der Waals surface area contributed by atoms with E-state index >= 15 is 0 Å². The zero-order valence-corrected chi connectivity index (χ0v) is 14.3. The predicted octanol–water partition coefficient (Wildman–Crippen LogP) is 2.50. The standard InChI is InChI=1S/C19H24N2O3/c1-13-5-4-8-20(11-13)19(24)16-10-18(23)21(12-16)17-7-3-6-15(9-17)14(2)22/h3,6-7,9,13,16H,4-5,8,10-12H2,1-2H3. The molecule has 2 aliphatic rings. The molecule has 5 heteroatoms. The maximum absolute atomic E-state index is 12.7. The predicted molar refractivity (Wildman–Crippen MR) is 91.9 cm³/mol. The maximum Gasteiger partial charge on any atom is 0.228 e. The van der Waals surface area contributed by atoms with Gasteiger partial charge in [0.15, 0.2) is 5.78 Å². The van der Waals surface area contributed by atoms with E-state index in [4.69, 9.17) is 0 Å². The van der Waals surface area contributed by atoms with E-state index in [9.17, 15) is 14.4 Å². The lowest BCUT2D eigenvalue weighted by Gasteiger charge is -2.32. The molecule has 2 unspecified atom stereocenters. The van der Waals surface area contributed by atoms with Crippen LogP contribution in [0.4, 0.5) is 5.69 Å². The summed E-state index contributed by atoms with van der Waals surface area (Å²) in [7, 11) is 0. The summed E-state index contributed by atoms with van der Waals surface area (Å²) in [5.74, 6) is 0.282. The number of carbonyl (C=O) groups is 3. The van der Waals surface area contributed by atoms with Gasteiger partial charge in [0.1, 0.15) is 0 Å². The molecule has 2 amide bonds. The Balaban J connectivity index is 1.72. The molecule has 2 saturated heterocycles. The summed E-state index contributed by atoms with van der Waals surface area (Å²) >= 11 is 0. The largest absolute Gasteiger partial charge is 0.342 e. The number of Topliss-reactive ketones (excluding diaryl/α,β-unsaturated/α-hetero) is 1. The van der Waals surface area contributed by atoms with Gasteiger partial charge in [-0.05, 0) is 37.8 Å². The van der Waals surface area contributed by atoms with E-state index in [2.05, 4.69) is 6.92 Å². The molecule has 5 nitrogen and oxygen atoms in total. The fraction of sp³-hybridized carbons (Fsp3) is 0.526. The molecular weight excluding hydrogens is 304 g/mol. The smallest absolute Gasteiger partial charge is 0.228 e. The zero-order chi connectivity index (χ0) is 17.3. The third kappa shape index (κ3) is 3.35. The molecule has 2 fully saturated rings. The van der Waals surface area contributed by atoms with E-state index in [1.165, 1.54) is 6.92 Å². The fourth-order valence-electron chi connectivity index (χ4n) is 3.66. The van der Waals surface area contributed by atoms with Crippen LogP contribution >= 0.6 is 0 Å². The molecule has 0 bridgehead atoms. The summed E-state index contributed by atoms with van der Waals surface area (Å²) in [6, 6.07) is 7.07. The summed E-state index contributed by atoms with van der Waals surface area (Å²) in [4.78, 5) is 40.2. The number of rotatable bonds is 3. The van der Waals surface area contributed by atoms with Crippen LogP contribution in [-0.4, -0.2) is 42.1 Å². The maximum atomic E-state index is 12.7. The molecule has 0 spiro atoms. The Kier molecular flexibility index (Phi) is 4.69. The van der Waals surface area contributed by atoms with Crippen LogP contribution in [0.15, 0.2) is 24.3 Å².